The first kappa shape index (κ1) is 14.0. The summed E-state index contributed by atoms with van der Waals surface area (Å²) in [4.78, 5) is 33.7. The van der Waals surface area contributed by atoms with E-state index < -0.39 is 30.4 Å². The number of nitrogens with two attached hydrogens (primary N) is 1. The minimum absolute atomic E-state index is 0.298. The van der Waals surface area contributed by atoms with Gasteiger partial charge in [-0.25, -0.2) is 9.59 Å². The van der Waals surface area contributed by atoms with Gasteiger partial charge in [0, 0.05) is 4.88 Å². The number of carboxylic acids is 1. The van der Waals surface area contributed by atoms with Crippen molar-refractivity contribution in [1.82, 2.24) is 10.6 Å². The van der Waals surface area contributed by atoms with Crippen LogP contribution in [0.15, 0.2) is 17.5 Å². The highest BCUT2D eigenvalue weighted by atomic mass is 32.1. The average Bonchev–Trinajstić information content (AvgIpc) is 2.77. The topological polar surface area (TPSA) is 122 Å². The molecule has 0 radical (unpaired) electrons. The smallest absolute Gasteiger partial charge is 0.326 e. The first-order chi connectivity index (χ1) is 8.49. The van der Waals surface area contributed by atoms with Gasteiger partial charge in [-0.1, -0.05) is 6.07 Å². The molecule has 0 unspecified atom stereocenters. The number of carbonyl (C=O) groups is 3. The summed E-state index contributed by atoms with van der Waals surface area (Å²) in [5, 5.41) is 15.3. The summed E-state index contributed by atoms with van der Waals surface area (Å²) in [6.45, 7) is 0.298. The van der Waals surface area contributed by atoms with Crippen molar-refractivity contribution in [3.05, 3.63) is 22.4 Å². The van der Waals surface area contributed by atoms with E-state index >= 15 is 0 Å². The van der Waals surface area contributed by atoms with Gasteiger partial charge in [0.1, 0.15) is 6.04 Å². The van der Waals surface area contributed by atoms with Gasteiger partial charge in [-0.2, -0.15) is 0 Å². The van der Waals surface area contributed by atoms with Gasteiger partial charge in [-0.15, -0.1) is 11.3 Å². The van der Waals surface area contributed by atoms with Gasteiger partial charge in [-0.05, 0) is 11.4 Å². The molecule has 8 heteroatoms. The van der Waals surface area contributed by atoms with Crippen molar-refractivity contribution in [2.24, 2.45) is 5.73 Å². The zero-order chi connectivity index (χ0) is 13.5. The Morgan fingerprint density at radius 1 is 1.44 bits per heavy atom. The van der Waals surface area contributed by atoms with E-state index in [0.717, 1.165) is 4.88 Å². The molecule has 7 nitrogen and oxygen atoms in total. The molecule has 0 saturated carbocycles. The molecule has 1 atom stereocenters. The fraction of sp³-hybridized carbons (Fsp3) is 0.300. The van der Waals surface area contributed by atoms with Crippen LogP contribution in [0, 0.1) is 0 Å². The maximum absolute atomic E-state index is 11.4. The van der Waals surface area contributed by atoms with E-state index in [2.05, 4.69) is 10.6 Å². The average molecular weight is 271 g/mol. The monoisotopic (exact) mass is 271 g/mol. The predicted octanol–water partition coefficient (Wildman–Crippen LogP) is -0.124. The molecular formula is C10H13N3O4S. The number of amides is 3. The molecule has 3 amide bonds. The maximum Gasteiger partial charge on any atom is 0.326 e. The number of carbonyl (C=O) groups excluding carboxylic acids is 2. The Labute approximate surface area is 107 Å². The van der Waals surface area contributed by atoms with Gasteiger partial charge in [0.2, 0.25) is 5.91 Å². The molecule has 0 saturated heterocycles. The van der Waals surface area contributed by atoms with Crippen LogP contribution in [0.25, 0.3) is 0 Å². The van der Waals surface area contributed by atoms with E-state index in [4.69, 9.17) is 10.8 Å². The molecule has 1 heterocycles. The van der Waals surface area contributed by atoms with E-state index in [1.54, 1.807) is 0 Å². The Morgan fingerprint density at radius 2 is 2.17 bits per heavy atom. The third-order valence-electron chi connectivity index (χ3n) is 2.01. The first-order valence-electron chi connectivity index (χ1n) is 5.07. The number of thiophene rings is 1. The zero-order valence-electron chi connectivity index (χ0n) is 9.38. The number of primary amides is 1. The van der Waals surface area contributed by atoms with Gasteiger partial charge >= 0.3 is 12.0 Å². The van der Waals surface area contributed by atoms with Crippen LogP contribution >= 0.6 is 11.3 Å². The van der Waals surface area contributed by atoms with E-state index in [1.807, 2.05) is 17.5 Å². The van der Waals surface area contributed by atoms with E-state index in [-0.39, 0.29) is 0 Å². The molecule has 0 aliphatic heterocycles. The van der Waals surface area contributed by atoms with Crippen LogP contribution < -0.4 is 16.4 Å². The van der Waals surface area contributed by atoms with Crippen molar-refractivity contribution in [3.63, 3.8) is 0 Å². The number of hydrogen-bond acceptors (Lipinski definition) is 4. The predicted molar refractivity (Wildman–Crippen MR) is 64.9 cm³/mol. The number of aliphatic carboxylic acids is 1. The maximum atomic E-state index is 11.4. The summed E-state index contributed by atoms with van der Waals surface area (Å²) < 4.78 is 0. The summed E-state index contributed by atoms with van der Waals surface area (Å²) in [6, 6.07) is 1.71. The van der Waals surface area contributed by atoms with Crippen LogP contribution in [0.2, 0.25) is 0 Å². The molecule has 0 aliphatic carbocycles. The number of rotatable bonds is 6. The quantitative estimate of drug-likeness (QED) is 0.576. The second kappa shape index (κ2) is 6.60. The lowest BCUT2D eigenvalue weighted by atomic mass is 10.2. The highest BCUT2D eigenvalue weighted by Crippen LogP contribution is 2.07. The minimum atomic E-state index is -1.31. The summed E-state index contributed by atoms with van der Waals surface area (Å²) in [6.07, 6.45) is -0.443. The van der Waals surface area contributed by atoms with Crippen molar-refractivity contribution in [2.45, 2.75) is 19.0 Å². The normalized spacial score (nSPS) is 11.6. The van der Waals surface area contributed by atoms with Crippen molar-refractivity contribution in [2.75, 3.05) is 0 Å². The van der Waals surface area contributed by atoms with Crippen LogP contribution in [-0.4, -0.2) is 29.1 Å². The van der Waals surface area contributed by atoms with E-state index in [9.17, 15) is 14.4 Å². The Morgan fingerprint density at radius 3 is 2.67 bits per heavy atom. The number of hydrogen-bond donors (Lipinski definition) is 4. The number of urea groups is 1. The van der Waals surface area contributed by atoms with Gasteiger partial charge in [0.25, 0.3) is 0 Å². The van der Waals surface area contributed by atoms with Crippen LogP contribution in [0.4, 0.5) is 4.79 Å². The SMILES string of the molecule is NC(=O)C[C@H](NC(=O)NCc1cccs1)C(=O)O. The Bertz CT molecular complexity index is 432. The largest absolute Gasteiger partial charge is 0.480 e. The van der Waals surface area contributed by atoms with E-state index in [1.165, 1.54) is 11.3 Å². The second-order valence-corrected chi connectivity index (χ2v) is 4.50. The number of nitrogens with one attached hydrogen (secondary N) is 2. The third kappa shape index (κ3) is 4.83. The van der Waals surface area contributed by atoms with Crippen molar-refractivity contribution in [3.8, 4) is 0 Å². The fourth-order valence-corrected chi connectivity index (χ4v) is 1.84. The molecule has 1 aromatic heterocycles. The fourth-order valence-electron chi connectivity index (χ4n) is 1.19. The van der Waals surface area contributed by atoms with Crippen molar-refractivity contribution < 1.29 is 19.5 Å². The molecule has 0 spiro atoms. The molecule has 0 bridgehead atoms. The van der Waals surface area contributed by atoms with Crippen LogP contribution in [0.1, 0.15) is 11.3 Å². The Balaban J connectivity index is 2.41. The molecule has 1 rings (SSSR count). The summed E-state index contributed by atoms with van der Waals surface area (Å²) in [5.74, 6) is -2.10. The third-order valence-corrected chi connectivity index (χ3v) is 2.89. The summed E-state index contributed by atoms with van der Waals surface area (Å²) in [5.41, 5.74) is 4.89. The Hall–Kier alpha value is -2.09. The molecule has 0 fully saturated rings. The highest BCUT2D eigenvalue weighted by Gasteiger charge is 2.21. The van der Waals surface area contributed by atoms with Gasteiger partial charge in [0.05, 0.1) is 13.0 Å². The number of carboxylic acid groups (broad SMARTS) is 1. The molecule has 5 N–H and O–H groups in total. The lowest BCUT2D eigenvalue weighted by Crippen LogP contribution is -2.47. The molecule has 98 valence electrons. The van der Waals surface area contributed by atoms with Gasteiger partial charge in [-0.3, -0.25) is 4.79 Å². The summed E-state index contributed by atoms with van der Waals surface area (Å²) >= 11 is 1.47. The molecule has 1 aromatic rings. The standard InChI is InChI=1S/C10H13N3O4S/c11-8(14)4-7(9(15)16)13-10(17)12-5-6-2-1-3-18-6/h1-3,7H,4-5H2,(H2,11,14)(H,15,16)(H2,12,13,17)/t7-/m0/s1. The molecule has 0 aliphatic rings. The van der Waals surface area contributed by atoms with Crippen LogP contribution in [-0.2, 0) is 16.1 Å². The first-order valence-corrected chi connectivity index (χ1v) is 5.95. The lowest BCUT2D eigenvalue weighted by Gasteiger charge is -2.13. The second-order valence-electron chi connectivity index (χ2n) is 3.47. The van der Waals surface area contributed by atoms with Gasteiger partial charge < -0.3 is 21.5 Å². The molecule has 0 aromatic carbocycles. The lowest BCUT2D eigenvalue weighted by molar-refractivity contribution is -0.140. The van der Waals surface area contributed by atoms with Crippen molar-refractivity contribution >= 4 is 29.2 Å². The molecular weight excluding hydrogens is 258 g/mol. The van der Waals surface area contributed by atoms with E-state index in [0.29, 0.717) is 6.54 Å². The minimum Gasteiger partial charge on any atom is -0.480 e. The summed E-state index contributed by atoms with van der Waals surface area (Å²) in [7, 11) is 0. The zero-order valence-corrected chi connectivity index (χ0v) is 10.2. The van der Waals surface area contributed by atoms with Crippen LogP contribution in [0.3, 0.4) is 0 Å². The Kier molecular flexibility index (Phi) is 5.12. The van der Waals surface area contributed by atoms with Gasteiger partial charge in [0.15, 0.2) is 0 Å². The highest BCUT2D eigenvalue weighted by molar-refractivity contribution is 7.09. The van der Waals surface area contributed by atoms with Crippen molar-refractivity contribution in [1.29, 1.82) is 0 Å². The van der Waals surface area contributed by atoms with Crippen LogP contribution in [0.5, 0.6) is 0 Å². The molecule has 18 heavy (non-hydrogen) atoms.